The lowest BCUT2D eigenvalue weighted by atomic mass is 10.3. The minimum absolute atomic E-state index is 0.0742. The van der Waals surface area contributed by atoms with E-state index in [-0.39, 0.29) is 11.7 Å². The number of hydrogen-bond acceptors (Lipinski definition) is 4. The minimum atomic E-state index is -0.543. The van der Waals surface area contributed by atoms with Gasteiger partial charge in [-0.3, -0.25) is 9.59 Å². The maximum atomic E-state index is 12.0. The molecule has 0 aliphatic carbocycles. The second kappa shape index (κ2) is 7.75. The SMILES string of the molecule is CC(=O)c1ccc(CCNC(=O)C(C)Oc2ccccc2)s1. The molecule has 0 spiro atoms. The molecule has 1 aromatic heterocycles. The van der Waals surface area contributed by atoms with E-state index >= 15 is 0 Å². The first kappa shape index (κ1) is 16.2. The maximum Gasteiger partial charge on any atom is 0.260 e. The predicted octanol–water partition coefficient (Wildman–Crippen LogP) is 3.08. The normalized spacial score (nSPS) is 11.7. The van der Waals surface area contributed by atoms with Crippen LogP contribution in [0, 0.1) is 0 Å². The van der Waals surface area contributed by atoms with Crippen molar-refractivity contribution in [2.45, 2.75) is 26.4 Å². The largest absolute Gasteiger partial charge is 0.481 e. The Morgan fingerprint density at radius 3 is 2.55 bits per heavy atom. The zero-order valence-corrected chi connectivity index (χ0v) is 13.5. The van der Waals surface area contributed by atoms with E-state index in [1.54, 1.807) is 13.8 Å². The summed E-state index contributed by atoms with van der Waals surface area (Å²) in [6.45, 7) is 3.81. The molecule has 1 heterocycles. The van der Waals surface area contributed by atoms with Gasteiger partial charge in [-0.25, -0.2) is 0 Å². The number of thiophene rings is 1. The molecule has 1 amide bonds. The molecule has 1 N–H and O–H groups in total. The van der Waals surface area contributed by atoms with Gasteiger partial charge < -0.3 is 10.1 Å². The molecule has 0 saturated heterocycles. The summed E-state index contributed by atoms with van der Waals surface area (Å²) >= 11 is 1.47. The average Bonchev–Trinajstić information content (AvgIpc) is 2.97. The Kier molecular flexibility index (Phi) is 5.72. The number of amides is 1. The number of benzene rings is 1. The standard InChI is InChI=1S/C17H19NO3S/c1-12(19)16-9-8-15(22-16)10-11-18-17(20)13(2)21-14-6-4-3-5-7-14/h3-9,13H,10-11H2,1-2H3,(H,18,20). The molecule has 116 valence electrons. The molecule has 4 nitrogen and oxygen atoms in total. The number of rotatable bonds is 7. The molecule has 0 aliphatic heterocycles. The highest BCUT2D eigenvalue weighted by atomic mass is 32.1. The molecule has 5 heteroatoms. The van der Waals surface area contributed by atoms with Gasteiger partial charge in [0.05, 0.1) is 4.88 Å². The predicted molar refractivity (Wildman–Crippen MR) is 87.6 cm³/mol. The van der Waals surface area contributed by atoms with Crippen LogP contribution >= 0.6 is 11.3 Å². The molecular formula is C17H19NO3S. The van der Waals surface area contributed by atoms with Crippen LogP contribution < -0.4 is 10.1 Å². The highest BCUT2D eigenvalue weighted by molar-refractivity contribution is 7.14. The lowest BCUT2D eigenvalue weighted by Gasteiger charge is -2.14. The van der Waals surface area contributed by atoms with Crippen molar-refractivity contribution in [3.05, 3.63) is 52.2 Å². The summed E-state index contributed by atoms with van der Waals surface area (Å²) in [4.78, 5) is 25.0. The van der Waals surface area contributed by atoms with Crippen molar-refractivity contribution < 1.29 is 14.3 Å². The van der Waals surface area contributed by atoms with Crippen molar-refractivity contribution in [3.63, 3.8) is 0 Å². The van der Waals surface area contributed by atoms with Gasteiger partial charge in [-0.2, -0.15) is 0 Å². The number of ether oxygens (including phenoxy) is 1. The van der Waals surface area contributed by atoms with Crippen LogP contribution in [-0.2, 0) is 11.2 Å². The van der Waals surface area contributed by atoms with Gasteiger partial charge >= 0.3 is 0 Å². The fraction of sp³-hybridized carbons (Fsp3) is 0.294. The smallest absolute Gasteiger partial charge is 0.260 e. The maximum absolute atomic E-state index is 12.0. The molecule has 0 fully saturated rings. The second-order valence-electron chi connectivity index (χ2n) is 4.94. The number of hydrogen-bond donors (Lipinski definition) is 1. The van der Waals surface area contributed by atoms with Crippen LogP contribution in [0.5, 0.6) is 5.75 Å². The van der Waals surface area contributed by atoms with Gasteiger partial charge in [0.15, 0.2) is 11.9 Å². The number of nitrogens with one attached hydrogen (secondary N) is 1. The van der Waals surface area contributed by atoms with E-state index in [0.717, 1.165) is 9.75 Å². The fourth-order valence-electron chi connectivity index (χ4n) is 1.91. The minimum Gasteiger partial charge on any atom is -0.481 e. The molecule has 1 atom stereocenters. The number of ketones is 1. The molecule has 0 radical (unpaired) electrons. The summed E-state index contributed by atoms with van der Waals surface area (Å²) in [6, 6.07) is 13.0. The van der Waals surface area contributed by atoms with Crippen LogP contribution in [0.3, 0.4) is 0 Å². The fourth-order valence-corrected chi connectivity index (χ4v) is 2.81. The van der Waals surface area contributed by atoms with Crippen LogP contribution in [0.25, 0.3) is 0 Å². The number of Topliss-reactive ketones (excluding diaryl/α,β-unsaturated/α-hetero) is 1. The highest BCUT2D eigenvalue weighted by Crippen LogP contribution is 2.17. The van der Waals surface area contributed by atoms with Crippen LogP contribution in [0.15, 0.2) is 42.5 Å². The quantitative estimate of drug-likeness (QED) is 0.799. The number of carbonyl (C=O) groups excluding carboxylic acids is 2. The van der Waals surface area contributed by atoms with Gasteiger partial charge in [-0.15, -0.1) is 11.3 Å². The van der Waals surface area contributed by atoms with E-state index in [0.29, 0.717) is 18.7 Å². The van der Waals surface area contributed by atoms with Crippen molar-refractivity contribution in [2.75, 3.05) is 6.54 Å². The van der Waals surface area contributed by atoms with Crippen molar-refractivity contribution >= 4 is 23.0 Å². The van der Waals surface area contributed by atoms with Crippen LogP contribution in [0.2, 0.25) is 0 Å². The van der Waals surface area contributed by atoms with Gasteiger partial charge in [0.25, 0.3) is 5.91 Å². The highest BCUT2D eigenvalue weighted by Gasteiger charge is 2.14. The van der Waals surface area contributed by atoms with E-state index in [9.17, 15) is 9.59 Å². The molecule has 22 heavy (non-hydrogen) atoms. The molecule has 1 aromatic carbocycles. The lowest BCUT2D eigenvalue weighted by Crippen LogP contribution is -2.37. The summed E-state index contributed by atoms with van der Waals surface area (Å²) in [5, 5.41) is 2.85. The Balaban J connectivity index is 1.76. The van der Waals surface area contributed by atoms with E-state index < -0.39 is 6.10 Å². The first-order chi connectivity index (χ1) is 10.6. The molecule has 0 saturated carbocycles. The number of para-hydroxylation sites is 1. The van der Waals surface area contributed by atoms with Gasteiger partial charge in [-0.05, 0) is 44.5 Å². The topological polar surface area (TPSA) is 55.4 Å². The molecule has 0 aliphatic rings. The zero-order valence-electron chi connectivity index (χ0n) is 12.7. The lowest BCUT2D eigenvalue weighted by molar-refractivity contribution is -0.127. The van der Waals surface area contributed by atoms with Gasteiger partial charge in [0.2, 0.25) is 0 Å². The first-order valence-corrected chi connectivity index (χ1v) is 7.97. The van der Waals surface area contributed by atoms with Crippen LogP contribution in [0.1, 0.15) is 28.4 Å². The molecule has 0 bridgehead atoms. The van der Waals surface area contributed by atoms with Crippen molar-refractivity contribution in [1.82, 2.24) is 5.32 Å². The summed E-state index contributed by atoms with van der Waals surface area (Å²) in [7, 11) is 0. The third-order valence-corrected chi connectivity index (χ3v) is 4.35. The van der Waals surface area contributed by atoms with Crippen molar-refractivity contribution in [2.24, 2.45) is 0 Å². The molecule has 1 unspecified atom stereocenters. The molecule has 2 aromatic rings. The first-order valence-electron chi connectivity index (χ1n) is 7.15. The van der Waals surface area contributed by atoms with Crippen molar-refractivity contribution in [3.8, 4) is 5.75 Å². The number of carbonyl (C=O) groups is 2. The molecular weight excluding hydrogens is 298 g/mol. The van der Waals surface area contributed by atoms with E-state index in [1.165, 1.54) is 11.3 Å². The van der Waals surface area contributed by atoms with E-state index in [2.05, 4.69) is 5.32 Å². The average molecular weight is 317 g/mol. The zero-order chi connectivity index (χ0) is 15.9. The summed E-state index contributed by atoms with van der Waals surface area (Å²) in [6.07, 6.45) is 0.167. The van der Waals surface area contributed by atoms with Gasteiger partial charge in [-0.1, -0.05) is 18.2 Å². The van der Waals surface area contributed by atoms with Crippen LogP contribution in [-0.4, -0.2) is 24.3 Å². The Morgan fingerprint density at radius 1 is 1.18 bits per heavy atom. The Morgan fingerprint density at radius 2 is 1.91 bits per heavy atom. The van der Waals surface area contributed by atoms with Gasteiger partial charge in [0, 0.05) is 11.4 Å². The Labute approximate surface area is 134 Å². The summed E-state index contributed by atoms with van der Waals surface area (Å²) in [5.41, 5.74) is 0. The molecule has 2 rings (SSSR count). The monoisotopic (exact) mass is 317 g/mol. The van der Waals surface area contributed by atoms with E-state index in [4.69, 9.17) is 4.74 Å². The third kappa shape index (κ3) is 4.70. The third-order valence-electron chi connectivity index (χ3n) is 3.10. The van der Waals surface area contributed by atoms with Crippen LogP contribution in [0.4, 0.5) is 0 Å². The van der Waals surface area contributed by atoms with E-state index in [1.807, 2.05) is 42.5 Å². The summed E-state index contributed by atoms with van der Waals surface area (Å²) < 4.78 is 5.56. The Bertz CT molecular complexity index is 636. The summed E-state index contributed by atoms with van der Waals surface area (Å²) in [5.74, 6) is 0.604. The second-order valence-corrected chi connectivity index (χ2v) is 6.10. The van der Waals surface area contributed by atoms with Crippen molar-refractivity contribution in [1.29, 1.82) is 0 Å². The Hall–Kier alpha value is -2.14. The van der Waals surface area contributed by atoms with Gasteiger partial charge in [0.1, 0.15) is 5.75 Å².